The maximum atomic E-state index is 13.5. The minimum absolute atomic E-state index is 0.280. The molecular weight excluding hydrogens is 376 g/mol. The standard InChI is InChI=1S/C26H38O4/c1-23(2,3)29-21(27)19-20(22(28)30-24(4,5)6)26-16-12-8-11-15-25(19,26)17-13-9-7-10-14-18(17)26/h7-16H2,1-6H3/t25-,26+. The van der Waals surface area contributed by atoms with Crippen molar-refractivity contribution >= 4 is 11.9 Å². The predicted molar refractivity (Wildman–Crippen MR) is 117 cm³/mol. The summed E-state index contributed by atoms with van der Waals surface area (Å²) in [6.07, 6.45) is 11.0. The molecule has 0 saturated heterocycles. The molecule has 0 N–H and O–H groups in total. The van der Waals surface area contributed by atoms with Crippen LogP contribution in [0.3, 0.4) is 0 Å². The second-order valence-corrected chi connectivity index (χ2v) is 11.6. The average Bonchev–Trinajstić information content (AvgIpc) is 2.85. The van der Waals surface area contributed by atoms with E-state index in [1.807, 2.05) is 41.5 Å². The molecule has 30 heavy (non-hydrogen) atoms. The van der Waals surface area contributed by atoms with Crippen LogP contribution >= 0.6 is 0 Å². The summed E-state index contributed by atoms with van der Waals surface area (Å²) in [7, 11) is 0. The number of carbonyl (C=O) groups excluding carboxylic acids is 2. The molecular formula is C26H38O4. The zero-order chi connectivity index (χ0) is 21.9. The molecule has 0 aromatic heterocycles. The first kappa shape index (κ1) is 21.6. The Kier molecular flexibility index (Phi) is 5.03. The summed E-state index contributed by atoms with van der Waals surface area (Å²) >= 11 is 0. The Morgan fingerprint density at radius 1 is 0.633 bits per heavy atom. The topological polar surface area (TPSA) is 52.6 Å². The summed E-state index contributed by atoms with van der Waals surface area (Å²) in [4.78, 5) is 27.0. The molecule has 4 rings (SSSR count). The Morgan fingerprint density at radius 3 is 1.37 bits per heavy atom. The van der Waals surface area contributed by atoms with Crippen LogP contribution in [0, 0.1) is 10.8 Å². The molecule has 2 atom stereocenters. The summed E-state index contributed by atoms with van der Waals surface area (Å²) in [6, 6.07) is 0. The number of hydrogen-bond acceptors (Lipinski definition) is 4. The summed E-state index contributed by atoms with van der Waals surface area (Å²) in [6.45, 7) is 11.4. The van der Waals surface area contributed by atoms with Crippen molar-refractivity contribution in [3.8, 4) is 0 Å². The van der Waals surface area contributed by atoms with Crippen LogP contribution in [0.4, 0.5) is 0 Å². The summed E-state index contributed by atoms with van der Waals surface area (Å²) < 4.78 is 11.7. The normalized spacial score (nSPS) is 31.3. The highest BCUT2D eigenvalue weighted by molar-refractivity contribution is 6.10. The highest BCUT2D eigenvalue weighted by Gasteiger charge is 2.77. The van der Waals surface area contributed by atoms with Gasteiger partial charge in [0.05, 0.1) is 11.1 Å². The van der Waals surface area contributed by atoms with Crippen molar-refractivity contribution in [3.63, 3.8) is 0 Å². The van der Waals surface area contributed by atoms with E-state index in [-0.39, 0.29) is 22.8 Å². The summed E-state index contributed by atoms with van der Waals surface area (Å²) in [5.41, 5.74) is 2.46. The van der Waals surface area contributed by atoms with Gasteiger partial charge in [-0.25, -0.2) is 9.59 Å². The maximum Gasteiger partial charge on any atom is 0.336 e. The molecule has 4 aliphatic carbocycles. The second kappa shape index (κ2) is 6.97. The predicted octanol–water partition coefficient (Wildman–Crippen LogP) is 6.19. The highest BCUT2D eigenvalue weighted by atomic mass is 16.6. The van der Waals surface area contributed by atoms with Crippen molar-refractivity contribution in [2.24, 2.45) is 10.8 Å². The quantitative estimate of drug-likeness (QED) is 0.399. The van der Waals surface area contributed by atoms with Gasteiger partial charge in [-0.2, -0.15) is 0 Å². The van der Waals surface area contributed by atoms with Gasteiger partial charge in [0.2, 0.25) is 0 Å². The van der Waals surface area contributed by atoms with Gasteiger partial charge in [0.25, 0.3) is 0 Å². The number of esters is 2. The van der Waals surface area contributed by atoms with Gasteiger partial charge in [-0.1, -0.05) is 36.8 Å². The number of ether oxygens (including phenoxy) is 2. The van der Waals surface area contributed by atoms with Crippen LogP contribution in [0.25, 0.3) is 0 Å². The van der Waals surface area contributed by atoms with E-state index in [0.717, 1.165) is 44.9 Å². The van der Waals surface area contributed by atoms with Crippen molar-refractivity contribution in [1.29, 1.82) is 0 Å². The zero-order valence-corrected chi connectivity index (χ0v) is 19.7. The lowest BCUT2D eigenvalue weighted by Crippen LogP contribution is -2.66. The first-order valence-electron chi connectivity index (χ1n) is 11.9. The fourth-order valence-corrected chi connectivity index (χ4v) is 6.72. The Hall–Kier alpha value is -1.58. The largest absolute Gasteiger partial charge is 0.457 e. The first-order valence-corrected chi connectivity index (χ1v) is 11.9. The van der Waals surface area contributed by atoms with Crippen molar-refractivity contribution in [2.45, 2.75) is 117 Å². The van der Waals surface area contributed by atoms with Gasteiger partial charge in [0.1, 0.15) is 11.2 Å². The van der Waals surface area contributed by atoms with E-state index in [9.17, 15) is 9.59 Å². The van der Waals surface area contributed by atoms with Crippen molar-refractivity contribution in [1.82, 2.24) is 0 Å². The van der Waals surface area contributed by atoms with E-state index < -0.39 is 11.2 Å². The third-order valence-corrected chi connectivity index (χ3v) is 7.39. The lowest BCUT2D eigenvalue weighted by Gasteiger charge is -2.69. The Morgan fingerprint density at radius 2 is 1.00 bits per heavy atom. The van der Waals surface area contributed by atoms with Crippen LogP contribution < -0.4 is 0 Å². The second-order valence-electron chi connectivity index (χ2n) is 11.6. The molecule has 0 unspecified atom stereocenters. The molecule has 1 fully saturated rings. The van der Waals surface area contributed by atoms with E-state index in [0.29, 0.717) is 11.1 Å². The molecule has 4 nitrogen and oxygen atoms in total. The van der Waals surface area contributed by atoms with Crippen LogP contribution in [-0.2, 0) is 19.1 Å². The van der Waals surface area contributed by atoms with Crippen LogP contribution in [0.15, 0.2) is 22.3 Å². The van der Waals surface area contributed by atoms with Crippen LogP contribution in [0.5, 0.6) is 0 Å². The van der Waals surface area contributed by atoms with Gasteiger partial charge in [-0.15, -0.1) is 0 Å². The summed E-state index contributed by atoms with van der Waals surface area (Å²) in [5.74, 6) is -0.617. The van der Waals surface area contributed by atoms with Gasteiger partial charge < -0.3 is 9.47 Å². The number of allylic oxidation sites excluding steroid dienone is 2. The molecule has 0 spiro atoms. The lowest BCUT2D eigenvalue weighted by atomic mass is 9.31. The van der Waals surface area contributed by atoms with Crippen LogP contribution in [0.1, 0.15) is 106 Å². The smallest absolute Gasteiger partial charge is 0.336 e. The molecule has 0 bridgehead atoms. The Bertz CT molecular complexity index is 766. The number of carbonyl (C=O) groups is 2. The van der Waals surface area contributed by atoms with Gasteiger partial charge in [0.15, 0.2) is 0 Å². The molecule has 1 saturated carbocycles. The van der Waals surface area contributed by atoms with Gasteiger partial charge in [0, 0.05) is 10.8 Å². The fraction of sp³-hybridized carbons (Fsp3) is 0.769. The third kappa shape index (κ3) is 3.00. The molecule has 0 heterocycles. The van der Waals surface area contributed by atoms with Crippen LogP contribution in [-0.4, -0.2) is 23.1 Å². The van der Waals surface area contributed by atoms with Crippen molar-refractivity contribution in [3.05, 3.63) is 22.3 Å². The highest BCUT2D eigenvalue weighted by Crippen LogP contribution is 2.81. The molecule has 166 valence electrons. The molecule has 0 radical (unpaired) electrons. The fourth-order valence-electron chi connectivity index (χ4n) is 6.72. The molecule has 0 amide bonds. The minimum Gasteiger partial charge on any atom is -0.457 e. The van der Waals surface area contributed by atoms with E-state index in [1.165, 1.54) is 30.4 Å². The maximum absolute atomic E-state index is 13.5. The Balaban J connectivity index is 1.87. The Labute approximate surface area is 181 Å². The molecule has 0 aromatic carbocycles. The first-order chi connectivity index (χ1) is 13.9. The van der Waals surface area contributed by atoms with Gasteiger partial charge in [-0.05, 0) is 80.1 Å². The van der Waals surface area contributed by atoms with Gasteiger partial charge >= 0.3 is 11.9 Å². The monoisotopic (exact) mass is 414 g/mol. The van der Waals surface area contributed by atoms with E-state index >= 15 is 0 Å². The zero-order valence-electron chi connectivity index (χ0n) is 19.7. The van der Waals surface area contributed by atoms with Crippen LogP contribution in [0.2, 0.25) is 0 Å². The average molecular weight is 415 g/mol. The van der Waals surface area contributed by atoms with Gasteiger partial charge in [-0.3, -0.25) is 0 Å². The SMILES string of the molecule is CC(C)(C)OC(=O)C1=C(C(=O)OC(C)(C)C)[C@]23CCCCC[C@]12C1=C3CCCCC1. The molecule has 0 aromatic rings. The number of hydrogen-bond donors (Lipinski definition) is 0. The van der Waals surface area contributed by atoms with E-state index in [4.69, 9.17) is 9.47 Å². The molecule has 0 aliphatic heterocycles. The number of rotatable bonds is 2. The van der Waals surface area contributed by atoms with E-state index in [1.54, 1.807) is 0 Å². The lowest BCUT2D eigenvalue weighted by molar-refractivity contribution is -0.162. The molecule has 4 heteroatoms. The minimum atomic E-state index is -0.590. The van der Waals surface area contributed by atoms with E-state index in [2.05, 4.69) is 0 Å². The third-order valence-electron chi connectivity index (χ3n) is 7.39. The van der Waals surface area contributed by atoms with Crippen molar-refractivity contribution in [2.75, 3.05) is 0 Å². The van der Waals surface area contributed by atoms with Crippen molar-refractivity contribution < 1.29 is 19.1 Å². The molecule has 4 aliphatic rings. The summed E-state index contributed by atoms with van der Waals surface area (Å²) in [5, 5.41) is 0.